The summed E-state index contributed by atoms with van der Waals surface area (Å²) in [6.07, 6.45) is 1.80. The highest BCUT2D eigenvalue weighted by atomic mass is 19.1. The summed E-state index contributed by atoms with van der Waals surface area (Å²) in [6.45, 7) is 2.05. The first kappa shape index (κ1) is 16.6. The van der Waals surface area contributed by atoms with Gasteiger partial charge in [0.2, 0.25) is 0 Å². The van der Waals surface area contributed by atoms with Crippen molar-refractivity contribution in [2.45, 2.75) is 13.3 Å². The van der Waals surface area contributed by atoms with E-state index in [-0.39, 0.29) is 5.82 Å². The molecule has 3 aromatic rings. The van der Waals surface area contributed by atoms with Crippen LogP contribution >= 0.6 is 0 Å². The van der Waals surface area contributed by atoms with E-state index in [0.29, 0.717) is 11.4 Å². The number of anilines is 1. The molecule has 25 heavy (non-hydrogen) atoms. The molecule has 126 valence electrons. The van der Waals surface area contributed by atoms with Crippen molar-refractivity contribution in [1.29, 1.82) is 5.41 Å². The zero-order valence-electron chi connectivity index (χ0n) is 13.9. The van der Waals surface area contributed by atoms with E-state index in [1.807, 2.05) is 37.3 Å². The molecular formula is C20H19FN4. The summed E-state index contributed by atoms with van der Waals surface area (Å²) in [4.78, 5) is 7.64. The fourth-order valence-electron chi connectivity index (χ4n) is 2.82. The van der Waals surface area contributed by atoms with E-state index < -0.39 is 0 Å². The largest absolute Gasteiger partial charge is 0.399 e. The Hall–Kier alpha value is -3.21. The third-order valence-electron chi connectivity index (χ3n) is 4.02. The number of aryl methyl sites for hydroxylation is 1. The number of nitrogens with zero attached hydrogens (tertiary/aromatic N) is 1. The SMILES string of the molecule is CCc1[nH]c(-c2ccc(F)cc2)cc1C(=NC=N)c1cccc(N)c1. The van der Waals surface area contributed by atoms with Crippen molar-refractivity contribution < 1.29 is 4.39 Å². The first-order chi connectivity index (χ1) is 12.1. The number of rotatable bonds is 5. The second kappa shape index (κ2) is 7.13. The molecule has 0 aliphatic rings. The Morgan fingerprint density at radius 3 is 2.60 bits per heavy atom. The first-order valence-electron chi connectivity index (χ1n) is 8.03. The molecule has 0 spiro atoms. The molecule has 0 aliphatic carbocycles. The van der Waals surface area contributed by atoms with Crippen LogP contribution in [0.15, 0.2) is 59.6 Å². The van der Waals surface area contributed by atoms with Crippen LogP contribution in [0.25, 0.3) is 11.3 Å². The van der Waals surface area contributed by atoms with E-state index in [9.17, 15) is 4.39 Å². The molecule has 2 aromatic carbocycles. The van der Waals surface area contributed by atoms with Crippen LogP contribution in [0.3, 0.4) is 0 Å². The molecule has 0 fully saturated rings. The number of H-pyrrole nitrogens is 1. The molecule has 0 bridgehead atoms. The number of halogens is 1. The third-order valence-corrected chi connectivity index (χ3v) is 4.02. The third kappa shape index (κ3) is 3.50. The predicted molar refractivity (Wildman–Crippen MR) is 101 cm³/mol. The second-order valence-electron chi connectivity index (χ2n) is 5.67. The molecule has 0 aliphatic heterocycles. The number of aliphatic imine (C=N–C) groups is 1. The predicted octanol–water partition coefficient (Wildman–Crippen LogP) is 4.41. The zero-order chi connectivity index (χ0) is 17.8. The van der Waals surface area contributed by atoms with Crippen molar-refractivity contribution in [2.75, 3.05) is 5.73 Å². The molecule has 4 N–H and O–H groups in total. The Kier molecular flexibility index (Phi) is 4.75. The van der Waals surface area contributed by atoms with Gasteiger partial charge in [0.25, 0.3) is 0 Å². The van der Waals surface area contributed by atoms with Crippen molar-refractivity contribution in [3.8, 4) is 11.3 Å². The minimum atomic E-state index is -0.267. The van der Waals surface area contributed by atoms with Crippen LogP contribution in [0.2, 0.25) is 0 Å². The second-order valence-corrected chi connectivity index (χ2v) is 5.67. The molecule has 4 nitrogen and oxygen atoms in total. The van der Waals surface area contributed by atoms with E-state index >= 15 is 0 Å². The minimum Gasteiger partial charge on any atom is -0.399 e. The normalized spacial score (nSPS) is 11.5. The Morgan fingerprint density at radius 2 is 1.96 bits per heavy atom. The van der Waals surface area contributed by atoms with Crippen molar-refractivity contribution in [3.05, 3.63) is 77.2 Å². The Morgan fingerprint density at radius 1 is 1.20 bits per heavy atom. The lowest BCUT2D eigenvalue weighted by Crippen LogP contribution is -2.06. The number of hydrogen-bond acceptors (Lipinski definition) is 2. The molecule has 0 unspecified atom stereocenters. The summed E-state index contributed by atoms with van der Waals surface area (Å²) in [7, 11) is 0. The highest BCUT2D eigenvalue weighted by Gasteiger charge is 2.15. The number of hydrogen-bond donors (Lipinski definition) is 3. The molecule has 3 rings (SSSR count). The van der Waals surface area contributed by atoms with Gasteiger partial charge in [-0.05, 0) is 54.4 Å². The maximum atomic E-state index is 13.2. The van der Waals surface area contributed by atoms with Gasteiger partial charge in [0.1, 0.15) is 12.2 Å². The molecule has 0 radical (unpaired) electrons. The van der Waals surface area contributed by atoms with Gasteiger partial charge in [0.15, 0.2) is 0 Å². The van der Waals surface area contributed by atoms with E-state index in [1.54, 1.807) is 12.1 Å². The molecule has 0 atom stereocenters. The van der Waals surface area contributed by atoms with Gasteiger partial charge in [-0.3, -0.25) is 5.41 Å². The van der Waals surface area contributed by atoms with Gasteiger partial charge in [-0.1, -0.05) is 19.1 Å². The summed E-state index contributed by atoms with van der Waals surface area (Å²) in [5, 5.41) is 7.41. The average Bonchev–Trinajstić information content (AvgIpc) is 3.04. The van der Waals surface area contributed by atoms with Crippen LogP contribution < -0.4 is 5.73 Å². The van der Waals surface area contributed by atoms with Gasteiger partial charge in [0, 0.05) is 28.2 Å². The highest BCUT2D eigenvalue weighted by molar-refractivity contribution is 6.16. The minimum absolute atomic E-state index is 0.267. The van der Waals surface area contributed by atoms with Gasteiger partial charge in [-0.25, -0.2) is 9.38 Å². The molecule has 0 saturated heterocycles. The number of aromatic amines is 1. The van der Waals surface area contributed by atoms with Gasteiger partial charge in [-0.2, -0.15) is 0 Å². The maximum absolute atomic E-state index is 13.2. The van der Waals surface area contributed by atoms with Crippen molar-refractivity contribution in [1.82, 2.24) is 4.98 Å². The Balaban J connectivity index is 2.12. The van der Waals surface area contributed by atoms with Crippen LogP contribution in [0.5, 0.6) is 0 Å². The number of benzene rings is 2. The average molecular weight is 334 g/mol. The number of nitrogen functional groups attached to an aromatic ring is 1. The molecular weight excluding hydrogens is 315 g/mol. The Bertz CT molecular complexity index is 923. The quantitative estimate of drug-likeness (QED) is 0.361. The smallest absolute Gasteiger partial charge is 0.123 e. The van der Waals surface area contributed by atoms with Crippen molar-refractivity contribution in [3.63, 3.8) is 0 Å². The first-order valence-corrected chi connectivity index (χ1v) is 8.03. The molecule has 0 amide bonds. The molecule has 1 heterocycles. The fraction of sp³-hybridized carbons (Fsp3) is 0.100. The molecule has 0 saturated carbocycles. The number of nitrogens with two attached hydrogens (primary N) is 1. The van der Waals surface area contributed by atoms with Crippen molar-refractivity contribution in [2.24, 2.45) is 4.99 Å². The van der Waals surface area contributed by atoms with Crippen LogP contribution in [0.4, 0.5) is 10.1 Å². The van der Waals surface area contributed by atoms with Gasteiger partial charge in [0.05, 0.1) is 5.71 Å². The van der Waals surface area contributed by atoms with Gasteiger partial charge in [-0.15, -0.1) is 0 Å². The van der Waals surface area contributed by atoms with E-state index in [1.165, 1.54) is 12.1 Å². The summed E-state index contributed by atoms with van der Waals surface area (Å²) < 4.78 is 13.2. The van der Waals surface area contributed by atoms with Gasteiger partial charge < -0.3 is 10.7 Å². The summed E-state index contributed by atoms with van der Waals surface area (Å²) in [5.41, 5.74) is 11.8. The lowest BCUT2D eigenvalue weighted by molar-refractivity contribution is 0.628. The van der Waals surface area contributed by atoms with Crippen LogP contribution in [-0.4, -0.2) is 17.0 Å². The van der Waals surface area contributed by atoms with E-state index in [0.717, 1.165) is 40.8 Å². The standard InChI is InChI=1S/C20H19FN4/c1-2-18-17(11-19(25-18)13-6-8-15(21)9-7-13)20(24-12-22)14-4-3-5-16(23)10-14/h3-12,22,25H,2,23H2,1H3. The monoisotopic (exact) mass is 334 g/mol. The maximum Gasteiger partial charge on any atom is 0.123 e. The molecule has 5 heteroatoms. The van der Waals surface area contributed by atoms with Crippen LogP contribution in [0, 0.1) is 11.2 Å². The Labute approximate surface area is 145 Å². The lowest BCUT2D eigenvalue weighted by Gasteiger charge is -2.07. The molecule has 1 aromatic heterocycles. The highest BCUT2D eigenvalue weighted by Crippen LogP contribution is 2.25. The van der Waals surface area contributed by atoms with Crippen LogP contribution in [-0.2, 0) is 6.42 Å². The number of aromatic nitrogens is 1. The van der Waals surface area contributed by atoms with Crippen molar-refractivity contribution >= 4 is 17.7 Å². The van der Waals surface area contributed by atoms with E-state index in [4.69, 9.17) is 11.1 Å². The lowest BCUT2D eigenvalue weighted by atomic mass is 10.00. The summed E-state index contributed by atoms with van der Waals surface area (Å²) in [6, 6.07) is 15.8. The number of nitrogens with one attached hydrogen (secondary N) is 2. The topological polar surface area (TPSA) is 78.0 Å². The zero-order valence-corrected chi connectivity index (χ0v) is 13.9. The summed E-state index contributed by atoms with van der Waals surface area (Å²) >= 11 is 0. The van der Waals surface area contributed by atoms with Gasteiger partial charge >= 0.3 is 0 Å². The fourth-order valence-corrected chi connectivity index (χ4v) is 2.82. The summed E-state index contributed by atoms with van der Waals surface area (Å²) in [5.74, 6) is -0.267. The van der Waals surface area contributed by atoms with Crippen LogP contribution in [0.1, 0.15) is 23.7 Å². The van der Waals surface area contributed by atoms with E-state index in [2.05, 4.69) is 9.98 Å².